The average Bonchev–Trinajstić information content (AvgIpc) is 2.82. The molecule has 0 amide bonds. The Morgan fingerprint density at radius 2 is 1.96 bits per heavy atom. The SMILES string of the molecule is COc1ncc2nn(COCC[Si](C)(C)C)c(C(F)(F)F)c2c1Br. The maximum atomic E-state index is 13.5. The molecular formula is C14H19BrF3N3O2Si. The highest BCUT2D eigenvalue weighted by Gasteiger charge is 2.39. The molecule has 0 saturated heterocycles. The molecule has 134 valence electrons. The van der Waals surface area contributed by atoms with Gasteiger partial charge in [-0.3, -0.25) is 0 Å². The van der Waals surface area contributed by atoms with Gasteiger partial charge in [0.25, 0.3) is 0 Å². The van der Waals surface area contributed by atoms with Crippen molar-refractivity contribution >= 4 is 34.9 Å². The Balaban J connectivity index is 2.37. The van der Waals surface area contributed by atoms with Crippen LogP contribution in [0.1, 0.15) is 5.69 Å². The van der Waals surface area contributed by atoms with Gasteiger partial charge < -0.3 is 9.47 Å². The van der Waals surface area contributed by atoms with Crippen molar-refractivity contribution in [3.05, 3.63) is 16.4 Å². The summed E-state index contributed by atoms with van der Waals surface area (Å²) in [4.78, 5) is 3.94. The minimum Gasteiger partial charge on any atom is -0.480 e. The van der Waals surface area contributed by atoms with Gasteiger partial charge in [0.1, 0.15) is 12.2 Å². The van der Waals surface area contributed by atoms with Crippen molar-refractivity contribution in [3.8, 4) is 5.88 Å². The lowest BCUT2D eigenvalue weighted by molar-refractivity contribution is -0.145. The summed E-state index contributed by atoms with van der Waals surface area (Å²) in [5.74, 6) is 0.0761. The number of aromatic nitrogens is 3. The molecule has 5 nitrogen and oxygen atoms in total. The molecule has 0 unspecified atom stereocenters. The fraction of sp³-hybridized carbons (Fsp3) is 0.571. The van der Waals surface area contributed by atoms with E-state index in [4.69, 9.17) is 9.47 Å². The van der Waals surface area contributed by atoms with Crippen molar-refractivity contribution < 1.29 is 22.6 Å². The monoisotopic (exact) mass is 425 g/mol. The van der Waals surface area contributed by atoms with Crippen LogP contribution in [0.3, 0.4) is 0 Å². The maximum absolute atomic E-state index is 13.5. The van der Waals surface area contributed by atoms with E-state index in [2.05, 4.69) is 45.7 Å². The predicted octanol–water partition coefficient (Wildman–Crippen LogP) is 4.53. The van der Waals surface area contributed by atoms with Crippen LogP contribution in [0.2, 0.25) is 25.7 Å². The van der Waals surface area contributed by atoms with Gasteiger partial charge in [-0.25, -0.2) is 9.67 Å². The highest BCUT2D eigenvalue weighted by Crippen LogP contribution is 2.40. The molecule has 2 aromatic heterocycles. The van der Waals surface area contributed by atoms with Crippen LogP contribution in [0.5, 0.6) is 5.88 Å². The van der Waals surface area contributed by atoms with Crippen LogP contribution in [0.15, 0.2) is 10.7 Å². The van der Waals surface area contributed by atoms with E-state index in [1.165, 1.54) is 13.3 Å². The first kappa shape index (κ1) is 19.2. The summed E-state index contributed by atoms with van der Waals surface area (Å²) in [6, 6.07) is 0.869. The zero-order chi connectivity index (χ0) is 18.1. The van der Waals surface area contributed by atoms with E-state index in [9.17, 15) is 13.2 Å². The van der Waals surface area contributed by atoms with Crippen LogP contribution < -0.4 is 4.74 Å². The van der Waals surface area contributed by atoms with Crippen LogP contribution in [-0.2, 0) is 17.6 Å². The van der Waals surface area contributed by atoms with E-state index >= 15 is 0 Å². The molecule has 2 heterocycles. The first-order valence-electron chi connectivity index (χ1n) is 7.28. The fourth-order valence-electron chi connectivity index (χ4n) is 2.12. The zero-order valence-corrected chi connectivity index (χ0v) is 16.5. The smallest absolute Gasteiger partial charge is 0.433 e. The van der Waals surface area contributed by atoms with Gasteiger partial charge >= 0.3 is 6.18 Å². The fourth-order valence-corrected chi connectivity index (χ4v) is 3.54. The molecule has 0 atom stereocenters. The van der Waals surface area contributed by atoms with E-state index in [1.54, 1.807) is 0 Å². The van der Waals surface area contributed by atoms with Gasteiger partial charge in [-0.2, -0.15) is 18.3 Å². The number of ether oxygens (including phenoxy) is 2. The minimum atomic E-state index is -4.58. The van der Waals surface area contributed by atoms with Crippen molar-refractivity contribution in [3.63, 3.8) is 0 Å². The molecule has 0 aliphatic heterocycles. The van der Waals surface area contributed by atoms with Crippen molar-refractivity contribution in [2.45, 2.75) is 38.6 Å². The zero-order valence-electron chi connectivity index (χ0n) is 13.9. The normalized spacial score (nSPS) is 12.8. The highest BCUT2D eigenvalue weighted by molar-refractivity contribution is 9.10. The number of fused-ring (bicyclic) bond motifs is 1. The molecule has 0 fully saturated rings. The third-order valence-electron chi connectivity index (χ3n) is 3.36. The van der Waals surface area contributed by atoms with E-state index in [0.29, 0.717) is 6.61 Å². The van der Waals surface area contributed by atoms with Gasteiger partial charge in [-0.1, -0.05) is 19.6 Å². The lowest BCUT2D eigenvalue weighted by atomic mass is 10.2. The molecule has 2 aromatic rings. The molecule has 0 aliphatic carbocycles. The Labute approximate surface area is 147 Å². The Morgan fingerprint density at radius 1 is 1.29 bits per heavy atom. The minimum absolute atomic E-state index is 0.0761. The van der Waals surface area contributed by atoms with Gasteiger partial charge in [0.15, 0.2) is 5.69 Å². The van der Waals surface area contributed by atoms with Crippen LogP contribution >= 0.6 is 15.9 Å². The third-order valence-corrected chi connectivity index (χ3v) is 5.80. The standard InChI is InChI=1S/C14H19BrF3N3O2Si/c1-22-13-11(15)10-9(7-19-13)20-21(12(10)14(16,17)18)8-23-5-6-24(2,3)4/h7H,5-6,8H2,1-4H3. The molecule has 0 aromatic carbocycles. The lowest BCUT2D eigenvalue weighted by Crippen LogP contribution is -2.23. The Morgan fingerprint density at radius 3 is 2.50 bits per heavy atom. The molecule has 0 bridgehead atoms. The summed E-state index contributed by atoms with van der Waals surface area (Å²) in [7, 11) is 0.0337. The molecule has 0 N–H and O–H groups in total. The quantitative estimate of drug-likeness (QED) is 0.503. The summed E-state index contributed by atoms with van der Waals surface area (Å²) in [6.07, 6.45) is -3.32. The number of halogens is 4. The van der Waals surface area contributed by atoms with Crippen LogP contribution in [0, 0.1) is 0 Å². The lowest BCUT2D eigenvalue weighted by Gasteiger charge is -2.16. The number of pyridine rings is 1. The number of nitrogens with zero attached hydrogens (tertiary/aromatic N) is 3. The van der Waals surface area contributed by atoms with Crippen molar-refractivity contribution in [2.24, 2.45) is 0 Å². The van der Waals surface area contributed by atoms with Gasteiger partial charge in [0, 0.05) is 14.7 Å². The molecule has 0 spiro atoms. The maximum Gasteiger partial charge on any atom is 0.433 e. The van der Waals surface area contributed by atoms with E-state index < -0.39 is 19.9 Å². The van der Waals surface area contributed by atoms with E-state index in [0.717, 1.165) is 10.7 Å². The van der Waals surface area contributed by atoms with Crippen LogP contribution in [0.4, 0.5) is 13.2 Å². The van der Waals surface area contributed by atoms with Gasteiger partial charge in [0.2, 0.25) is 5.88 Å². The van der Waals surface area contributed by atoms with Gasteiger partial charge in [0.05, 0.1) is 23.2 Å². The van der Waals surface area contributed by atoms with Gasteiger partial charge in [-0.05, 0) is 22.0 Å². The number of hydrogen-bond acceptors (Lipinski definition) is 4. The second-order valence-corrected chi connectivity index (χ2v) is 12.9. The average molecular weight is 426 g/mol. The highest BCUT2D eigenvalue weighted by atomic mass is 79.9. The molecule has 2 rings (SSSR count). The molecule has 0 radical (unpaired) electrons. The molecule has 0 saturated carbocycles. The molecular weight excluding hydrogens is 407 g/mol. The Kier molecular flexibility index (Phi) is 5.60. The second-order valence-electron chi connectivity index (χ2n) is 6.54. The van der Waals surface area contributed by atoms with Crippen molar-refractivity contribution in [1.29, 1.82) is 0 Å². The topological polar surface area (TPSA) is 49.2 Å². The van der Waals surface area contributed by atoms with Crippen LogP contribution in [-0.4, -0.2) is 36.6 Å². The second kappa shape index (κ2) is 7.01. The van der Waals surface area contributed by atoms with E-state index in [-0.39, 0.29) is 28.0 Å². The Hall–Kier alpha value is -1.13. The number of rotatable bonds is 6. The van der Waals surface area contributed by atoms with Crippen LogP contribution in [0.25, 0.3) is 10.9 Å². The number of alkyl halides is 3. The Bertz CT molecular complexity index is 729. The molecule has 24 heavy (non-hydrogen) atoms. The molecule has 10 heteroatoms. The summed E-state index contributed by atoms with van der Waals surface area (Å²) in [6.45, 7) is 6.67. The molecule has 0 aliphatic rings. The third kappa shape index (κ3) is 4.28. The largest absolute Gasteiger partial charge is 0.480 e. The predicted molar refractivity (Wildman–Crippen MR) is 90.9 cm³/mol. The van der Waals surface area contributed by atoms with Crippen molar-refractivity contribution in [1.82, 2.24) is 14.8 Å². The number of methoxy groups -OCH3 is 1. The summed E-state index contributed by atoms with van der Waals surface area (Å²) in [5, 5.41) is 3.90. The first-order chi connectivity index (χ1) is 11.0. The summed E-state index contributed by atoms with van der Waals surface area (Å²) >= 11 is 3.13. The summed E-state index contributed by atoms with van der Waals surface area (Å²) < 4.78 is 52.0. The summed E-state index contributed by atoms with van der Waals surface area (Å²) in [5.41, 5.74) is -0.748. The van der Waals surface area contributed by atoms with Gasteiger partial charge in [-0.15, -0.1) is 0 Å². The first-order valence-corrected chi connectivity index (χ1v) is 11.8. The number of hydrogen-bond donors (Lipinski definition) is 0. The van der Waals surface area contributed by atoms with E-state index in [1.807, 2.05) is 0 Å². The van der Waals surface area contributed by atoms with Crippen molar-refractivity contribution in [2.75, 3.05) is 13.7 Å².